The maximum absolute atomic E-state index is 6.72. The molecular formula is C24H28N2O3. The van der Waals surface area contributed by atoms with E-state index in [9.17, 15) is 0 Å². The van der Waals surface area contributed by atoms with Crippen LogP contribution in [-0.4, -0.2) is 24.5 Å². The Morgan fingerprint density at radius 2 is 1.90 bits per heavy atom. The van der Waals surface area contributed by atoms with Crippen LogP contribution in [0.25, 0.3) is 5.70 Å². The smallest absolute Gasteiger partial charge is 0.180 e. The number of fused-ring (bicyclic) bond motifs is 4. The Kier molecular flexibility index (Phi) is 4.63. The van der Waals surface area contributed by atoms with Crippen molar-refractivity contribution in [2.24, 2.45) is 0 Å². The van der Waals surface area contributed by atoms with Crippen LogP contribution in [0.4, 0.5) is 0 Å². The van der Waals surface area contributed by atoms with Crippen molar-refractivity contribution in [3.63, 3.8) is 0 Å². The van der Waals surface area contributed by atoms with Gasteiger partial charge < -0.3 is 19.6 Å². The number of hydrazine groups is 1. The average Bonchev–Trinajstić information content (AvgIpc) is 3.22. The van der Waals surface area contributed by atoms with E-state index in [1.165, 1.54) is 19.3 Å². The van der Waals surface area contributed by atoms with Gasteiger partial charge in [0.25, 0.3) is 0 Å². The zero-order valence-corrected chi connectivity index (χ0v) is 17.1. The minimum Gasteiger partial charge on any atom is -0.494 e. The van der Waals surface area contributed by atoms with Gasteiger partial charge in [-0.2, -0.15) is 5.01 Å². The summed E-state index contributed by atoms with van der Waals surface area (Å²) in [5, 5.41) is 2.33. The first-order chi connectivity index (χ1) is 14.2. The molecule has 3 aliphatic rings. The lowest BCUT2D eigenvalue weighted by Gasteiger charge is -2.50. The second-order valence-electron chi connectivity index (χ2n) is 7.95. The summed E-state index contributed by atoms with van der Waals surface area (Å²) >= 11 is 0. The van der Waals surface area contributed by atoms with E-state index in [0.29, 0.717) is 6.61 Å². The fourth-order valence-corrected chi connectivity index (χ4v) is 4.83. The number of rotatable bonds is 4. The molecule has 1 atom stereocenters. The van der Waals surface area contributed by atoms with Gasteiger partial charge >= 0.3 is 0 Å². The second kappa shape index (κ2) is 7.30. The van der Waals surface area contributed by atoms with Crippen LogP contribution in [0.3, 0.4) is 0 Å². The summed E-state index contributed by atoms with van der Waals surface area (Å²) in [6.07, 6.45) is 7.95. The number of para-hydroxylation sites is 1. The van der Waals surface area contributed by atoms with Gasteiger partial charge in [-0.1, -0.05) is 18.6 Å². The molecule has 2 aromatic rings. The Labute approximate surface area is 172 Å². The van der Waals surface area contributed by atoms with Crippen molar-refractivity contribution < 1.29 is 14.2 Å². The highest BCUT2D eigenvalue weighted by molar-refractivity contribution is 5.68. The number of hydrogen-bond acceptors (Lipinski definition) is 5. The van der Waals surface area contributed by atoms with Gasteiger partial charge in [0.1, 0.15) is 5.75 Å². The Hall–Kier alpha value is -2.66. The van der Waals surface area contributed by atoms with Crippen LogP contribution in [0, 0.1) is 0 Å². The predicted molar refractivity (Wildman–Crippen MR) is 113 cm³/mol. The highest BCUT2D eigenvalue weighted by Crippen LogP contribution is 2.52. The molecule has 29 heavy (non-hydrogen) atoms. The summed E-state index contributed by atoms with van der Waals surface area (Å²) in [7, 11) is 1.72. The van der Waals surface area contributed by atoms with E-state index < -0.39 is 0 Å². The maximum Gasteiger partial charge on any atom is 0.180 e. The van der Waals surface area contributed by atoms with Gasteiger partial charge in [-0.3, -0.25) is 0 Å². The molecule has 2 aromatic carbocycles. The Bertz CT molecular complexity index is 916. The van der Waals surface area contributed by atoms with Gasteiger partial charge in [0.2, 0.25) is 0 Å². The summed E-state index contributed by atoms with van der Waals surface area (Å²) in [6.45, 7) is 2.68. The summed E-state index contributed by atoms with van der Waals surface area (Å²) in [6, 6.07) is 14.6. The molecule has 1 unspecified atom stereocenters. The summed E-state index contributed by atoms with van der Waals surface area (Å²) < 4.78 is 18.0. The summed E-state index contributed by atoms with van der Waals surface area (Å²) in [5.41, 5.74) is 6.76. The third-order valence-corrected chi connectivity index (χ3v) is 6.23. The first kappa shape index (κ1) is 18.4. The maximum atomic E-state index is 6.72. The van der Waals surface area contributed by atoms with Crippen molar-refractivity contribution in [2.45, 2.75) is 50.8 Å². The minimum atomic E-state index is -0.339. The number of ether oxygens (including phenoxy) is 3. The molecule has 2 heterocycles. The van der Waals surface area contributed by atoms with Gasteiger partial charge in [0.05, 0.1) is 25.5 Å². The van der Waals surface area contributed by atoms with Crippen molar-refractivity contribution in [3.8, 4) is 17.2 Å². The van der Waals surface area contributed by atoms with Crippen LogP contribution in [0.2, 0.25) is 0 Å². The molecule has 0 amide bonds. The Morgan fingerprint density at radius 3 is 2.62 bits per heavy atom. The van der Waals surface area contributed by atoms with Crippen LogP contribution >= 0.6 is 0 Å². The topological polar surface area (TPSA) is 43.0 Å². The second-order valence-corrected chi connectivity index (χ2v) is 7.95. The Morgan fingerprint density at radius 1 is 1.10 bits per heavy atom. The molecule has 1 N–H and O–H groups in total. The average molecular weight is 392 g/mol. The van der Waals surface area contributed by atoms with Gasteiger partial charge in [-0.15, -0.1) is 0 Å². The van der Waals surface area contributed by atoms with Crippen molar-refractivity contribution >= 4 is 5.70 Å². The van der Waals surface area contributed by atoms with E-state index in [1.54, 1.807) is 7.11 Å². The molecule has 5 heteroatoms. The zero-order valence-electron chi connectivity index (χ0n) is 17.1. The molecule has 0 radical (unpaired) electrons. The molecule has 0 saturated heterocycles. The van der Waals surface area contributed by atoms with E-state index >= 15 is 0 Å². The van der Waals surface area contributed by atoms with Crippen molar-refractivity contribution in [2.75, 3.05) is 13.7 Å². The molecule has 1 spiro atoms. The third-order valence-electron chi connectivity index (χ3n) is 6.23. The lowest BCUT2D eigenvalue weighted by atomic mass is 9.87. The number of benzene rings is 2. The summed E-state index contributed by atoms with van der Waals surface area (Å²) in [5.74, 6) is 2.61. The number of methoxy groups -OCH3 is 1. The first-order valence-electron chi connectivity index (χ1n) is 10.6. The molecule has 1 fully saturated rings. The first-order valence-corrected chi connectivity index (χ1v) is 10.6. The minimum absolute atomic E-state index is 0.119. The molecule has 0 aromatic heterocycles. The molecule has 1 aliphatic carbocycles. The fourth-order valence-electron chi connectivity index (χ4n) is 4.83. The fraction of sp³-hybridized carbons (Fsp3) is 0.417. The van der Waals surface area contributed by atoms with Gasteiger partial charge in [0.15, 0.2) is 17.2 Å². The Balaban J connectivity index is 1.55. The van der Waals surface area contributed by atoms with Crippen LogP contribution in [0.5, 0.6) is 17.2 Å². The quantitative estimate of drug-likeness (QED) is 0.789. The van der Waals surface area contributed by atoms with E-state index in [-0.39, 0.29) is 11.8 Å². The molecule has 152 valence electrons. The van der Waals surface area contributed by atoms with E-state index in [2.05, 4.69) is 34.7 Å². The van der Waals surface area contributed by atoms with Crippen LogP contribution < -0.4 is 19.6 Å². The standard InChI is InChI=1S/C24H28N2O3/c1-3-28-18-12-10-17(11-13-18)20-16-21-19-8-7-9-22(27-2)23(19)29-24(26(21)25-20)14-5-4-6-15-24/h7-13,16,21,25H,3-6,14-15H2,1-2H3. The number of nitrogens with one attached hydrogen (secondary N) is 1. The third kappa shape index (κ3) is 3.04. The molecule has 5 nitrogen and oxygen atoms in total. The number of hydrogen-bond donors (Lipinski definition) is 1. The van der Waals surface area contributed by atoms with Gasteiger partial charge in [-0.05, 0) is 61.7 Å². The van der Waals surface area contributed by atoms with Crippen LogP contribution in [0.1, 0.15) is 56.2 Å². The van der Waals surface area contributed by atoms with E-state index in [4.69, 9.17) is 14.2 Å². The highest BCUT2D eigenvalue weighted by atomic mass is 16.5. The largest absolute Gasteiger partial charge is 0.494 e. The van der Waals surface area contributed by atoms with Gasteiger partial charge in [0, 0.05) is 18.4 Å². The molecule has 2 aliphatic heterocycles. The SMILES string of the molecule is CCOc1ccc(C2=CC3c4cccc(OC)c4OC4(CCCCC4)N3N2)cc1. The summed E-state index contributed by atoms with van der Waals surface area (Å²) in [4.78, 5) is 0. The van der Waals surface area contributed by atoms with Crippen LogP contribution in [0.15, 0.2) is 48.5 Å². The molecule has 5 rings (SSSR count). The van der Waals surface area contributed by atoms with E-state index in [0.717, 1.165) is 46.9 Å². The molecule has 1 saturated carbocycles. The van der Waals surface area contributed by atoms with Crippen LogP contribution in [-0.2, 0) is 0 Å². The predicted octanol–water partition coefficient (Wildman–Crippen LogP) is 5.05. The lowest BCUT2D eigenvalue weighted by molar-refractivity contribution is -0.151. The monoisotopic (exact) mass is 392 g/mol. The normalized spacial score (nSPS) is 22.1. The van der Waals surface area contributed by atoms with Crippen molar-refractivity contribution in [3.05, 3.63) is 59.7 Å². The molecule has 0 bridgehead atoms. The lowest BCUT2D eigenvalue weighted by Crippen LogP contribution is -2.60. The highest BCUT2D eigenvalue weighted by Gasteiger charge is 2.51. The van der Waals surface area contributed by atoms with Crippen molar-refractivity contribution in [1.82, 2.24) is 10.4 Å². The van der Waals surface area contributed by atoms with Crippen molar-refractivity contribution in [1.29, 1.82) is 0 Å². The zero-order chi connectivity index (χ0) is 19.8. The number of nitrogens with zero attached hydrogens (tertiary/aromatic N) is 1. The van der Waals surface area contributed by atoms with E-state index in [1.807, 2.05) is 31.2 Å². The molecular weight excluding hydrogens is 364 g/mol. The van der Waals surface area contributed by atoms with Gasteiger partial charge in [-0.25, -0.2) is 0 Å².